The molecule has 0 aromatic carbocycles. The van der Waals surface area contributed by atoms with Crippen LogP contribution >= 0.6 is 27.7 Å². The molecule has 0 unspecified atom stereocenters. The Morgan fingerprint density at radius 2 is 2.32 bits per heavy atom. The topological polar surface area (TPSA) is 83.6 Å². The first-order valence-corrected chi connectivity index (χ1v) is 7.29. The van der Waals surface area contributed by atoms with Gasteiger partial charge in [0.05, 0.1) is 4.47 Å². The lowest BCUT2D eigenvalue weighted by Gasteiger charge is -2.06. The first-order valence-electron chi connectivity index (χ1n) is 5.68. The highest BCUT2D eigenvalue weighted by molar-refractivity contribution is 9.10. The number of rotatable bonds is 5. The van der Waals surface area contributed by atoms with Crippen molar-refractivity contribution in [2.24, 2.45) is 0 Å². The van der Waals surface area contributed by atoms with Crippen LogP contribution in [0.2, 0.25) is 0 Å². The Kier molecular flexibility index (Phi) is 4.92. The molecular formula is C11H12BrN5OS. The highest BCUT2D eigenvalue weighted by Gasteiger charge is 2.08. The van der Waals surface area contributed by atoms with Crippen LogP contribution in [0.25, 0.3) is 0 Å². The van der Waals surface area contributed by atoms with E-state index >= 15 is 0 Å². The third-order valence-electron chi connectivity index (χ3n) is 2.09. The number of H-pyrrole nitrogens is 1. The summed E-state index contributed by atoms with van der Waals surface area (Å²) in [6, 6.07) is 1.37. The molecule has 2 heterocycles. The van der Waals surface area contributed by atoms with Crippen molar-refractivity contribution in [3.05, 3.63) is 33.3 Å². The van der Waals surface area contributed by atoms with Gasteiger partial charge < -0.3 is 10.3 Å². The quantitative estimate of drug-likeness (QED) is 0.641. The van der Waals surface area contributed by atoms with E-state index in [1.807, 2.05) is 0 Å². The van der Waals surface area contributed by atoms with Gasteiger partial charge in [-0.1, -0.05) is 6.92 Å². The first kappa shape index (κ1) is 14.0. The van der Waals surface area contributed by atoms with E-state index < -0.39 is 0 Å². The number of aromatic amines is 1. The van der Waals surface area contributed by atoms with E-state index in [4.69, 9.17) is 0 Å². The molecule has 0 aliphatic carbocycles. The van der Waals surface area contributed by atoms with Crippen LogP contribution < -0.4 is 10.9 Å². The molecule has 8 heteroatoms. The lowest BCUT2D eigenvalue weighted by molar-refractivity contribution is 0.914. The Morgan fingerprint density at radius 1 is 1.47 bits per heavy atom. The van der Waals surface area contributed by atoms with Crippen LogP contribution in [0.4, 0.5) is 5.95 Å². The van der Waals surface area contributed by atoms with E-state index in [2.05, 4.69) is 48.1 Å². The van der Waals surface area contributed by atoms with Gasteiger partial charge in [-0.25, -0.2) is 15.0 Å². The van der Waals surface area contributed by atoms with Crippen LogP contribution in [-0.2, 0) is 0 Å². The van der Waals surface area contributed by atoms with Crippen molar-refractivity contribution in [1.29, 1.82) is 0 Å². The van der Waals surface area contributed by atoms with Gasteiger partial charge in [0, 0.05) is 25.0 Å². The van der Waals surface area contributed by atoms with Crippen LogP contribution in [0.15, 0.2) is 37.9 Å². The van der Waals surface area contributed by atoms with Crippen molar-refractivity contribution in [2.75, 3.05) is 11.9 Å². The third kappa shape index (κ3) is 4.03. The van der Waals surface area contributed by atoms with Gasteiger partial charge in [0.15, 0.2) is 5.16 Å². The average Bonchev–Trinajstić information content (AvgIpc) is 2.40. The first-order chi connectivity index (χ1) is 9.19. The molecule has 0 bridgehead atoms. The number of hydrogen-bond acceptors (Lipinski definition) is 6. The molecule has 19 heavy (non-hydrogen) atoms. The fourth-order valence-electron chi connectivity index (χ4n) is 1.24. The summed E-state index contributed by atoms with van der Waals surface area (Å²) < 4.78 is 0.756. The van der Waals surface area contributed by atoms with Crippen molar-refractivity contribution < 1.29 is 0 Å². The van der Waals surface area contributed by atoms with Gasteiger partial charge in [-0.05, 0) is 34.1 Å². The molecule has 6 nitrogen and oxygen atoms in total. The van der Waals surface area contributed by atoms with E-state index in [1.165, 1.54) is 24.0 Å². The highest BCUT2D eigenvalue weighted by Crippen LogP contribution is 2.29. The Labute approximate surface area is 122 Å². The van der Waals surface area contributed by atoms with Gasteiger partial charge >= 0.3 is 0 Å². The predicted molar refractivity (Wildman–Crippen MR) is 77.5 cm³/mol. The molecule has 0 atom stereocenters. The largest absolute Gasteiger partial charge is 0.354 e. The monoisotopic (exact) mass is 341 g/mol. The molecule has 2 rings (SSSR count). The van der Waals surface area contributed by atoms with E-state index in [9.17, 15) is 4.79 Å². The molecule has 0 aliphatic rings. The van der Waals surface area contributed by atoms with E-state index in [0.29, 0.717) is 16.1 Å². The average molecular weight is 342 g/mol. The predicted octanol–water partition coefficient (Wildman–Crippen LogP) is 2.30. The molecule has 0 amide bonds. The maximum absolute atomic E-state index is 11.2. The molecule has 2 aromatic heterocycles. The maximum Gasteiger partial charge on any atom is 0.251 e. The number of hydrogen-bond donors (Lipinski definition) is 2. The van der Waals surface area contributed by atoms with Crippen LogP contribution in [-0.4, -0.2) is 26.5 Å². The highest BCUT2D eigenvalue weighted by atomic mass is 79.9. The number of anilines is 1. The molecule has 0 saturated carbocycles. The zero-order chi connectivity index (χ0) is 13.7. The number of nitrogens with zero attached hydrogens (tertiary/aromatic N) is 3. The van der Waals surface area contributed by atoms with Gasteiger partial charge in [-0.2, -0.15) is 0 Å². The third-order valence-corrected chi connectivity index (χ3v) is 3.83. The van der Waals surface area contributed by atoms with E-state index in [-0.39, 0.29) is 5.56 Å². The minimum absolute atomic E-state index is 0.188. The molecule has 0 saturated heterocycles. The fourth-order valence-corrected chi connectivity index (χ4v) is 2.40. The molecule has 100 valence electrons. The van der Waals surface area contributed by atoms with E-state index in [1.54, 1.807) is 6.20 Å². The summed E-state index contributed by atoms with van der Waals surface area (Å²) in [6.07, 6.45) is 4.14. The SMILES string of the molecule is CCCNc1ncc(Br)c(Sc2nccc(=O)[nH]2)n1. The van der Waals surface area contributed by atoms with Crippen molar-refractivity contribution in [3.8, 4) is 0 Å². The van der Waals surface area contributed by atoms with Gasteiger partial charge in [-0.15, -0.1) is 0 Å². The summed E-state index contributed by atoms with van der Waals surface area (Å²) in [6.45, 7) is 2.88. The number of aromatic nitrogens is 4. The summed E-state index contributed by atoms with van der Waals surface area (Å²) in [5.41, 5.74) is -0.188. The standard InChI is InChI=1S/C11H12BrN5OS/c1-2-4-13-10-15-6-7(12)9(17-10)19-11-14-5-3-8(18)16-11/h3,5-6H,2,4H2,1H3,(H,13,15,17)(H,14,16,18). The van der Waals surface area contributed by atoms with Gasteiger partial charge in [-0.3, -0.25) is 4.79 Å². The smallest absolute Gasteiger partial charge is 0.251 e. The van der Waals surface area contributed by atoms with Gasteiger partial charge in [0.2, 0.25) is 5.95 Å². The molecule has 2 aromatic rings. The van der Waals surface area contributed by atoms with Crippen LogP contribution in [0.5, 0.6) is 0 Å². The minimum Gasteiger partial charge on any atom is -0.354 e. The Hall–Kier alpha value is -1.41. The summed E-state index contributed by atoms with van der Waals surface area (Å²) in [5, 5.41) is 4.30. The Morgan fingerprint density at radius 3 is 3.05 bits per heavy atom. The summed E-state index contributed by atoms with van der Waals surface area (Å²) in [4.78, 5) is 26.4. The molecule has 0 aliphatic heterocycles. The van der Waals surface area contributed by atoms with Crippen molar-refractivity contribution in [2.45, 2.75) is 23.5 Å². The van der Waals surface area contributed by atoms with Crippen molar-refractivity contribution in [3.63, 3.8) is 0 Å². The molecule has 0 radical (unpaired) electrons. The van der Waals surface area contributed by atoms with Gasteiger partial charge in [0.1, 0.15) is 5.03 Å². The molecule has 2 N–H and O–H groups in total. The Balaban J connectivity index is 2.21. The van der Waals surface area contributed by atoms with Gasteiger partial charge in [0.25, 0.3) is 5.56 Å². The van der Waals surface area contributed by atoms with Crippen LogP contribution in [0.3, 0.4) is 0 Å². The van der Waals surface area contributed by atoms with Crippen LogP contribution in [0, 0.1) is 0 Å². The zero-order valence-corrected chi connectivity index (χ0v) is 12.6. The minimum atomic E-state index is -0.188. The molecule has 0 fully saturated rings. The van der Waals surface area contributed by atoms with E-state index in [0.717, 1.165) is 17.4 Å². The summed E-state index contributed by atoms with van der Waals surface area (Å²) >= 11 is 4.65. The normalized spacial score (nSPS) is 10.4. The number of nitrogens with one attached hydrogen (secondary N) is 2. The maximum atomic E-state index is 11.2. The second kappa shape index (κ2) is 6.67. The summed E-state index contributed by atoms with van der Waals surface area (Å²) in [5.74, 6) is 0.561. The lowest BCUT2D eigenvalue weighted by Crippen LogP contribution is -2.06. The summed E-state index contributed by atoms with van der Waals surface area (Å²) in [7, 11) is 0. The van der Waals surface area contributed by atoms with Crippen molar-refractivity contribution in [1.82, 2.24) is 19.9 Å². The fraction of sp³-hybridized carbons (Fsp3) is 0.273. The zero-order valence-electron chi connectivity index (χ0n) is 10.2. The lowest BCUT2D eigenvalue weighted by atomic mass is 10.5. The second-order valence-electron chi connectivity index (χ2n) is 3.61. The van der Waals surface area contributed by atoms with Crippen LogP contribution in [0.1, 0.15) is 13.3 Å². The molecular weight excluding hydrogens is 330 g/mol. The molecule has 0 spiro atoms. The second-order valence-corrected chi connectivity index (χ2v) is 5.45. The van der Waals surface area contributed by atoms with Crippen molar-refractivity contribution >= 4 is 33.6 Å². The Bertz CT molecular complexity index is 618. The number of halogens is 1.